The minimum atomic E-state index is -6.00. The van der Waals surface area contributed by atoms with E-state index in [1.165, 1.54) is 33.5 Å². The van der Waals surface area contributed by atoms with Crippen molar-refractivity contribution in [2.24, 2.45) is 0 Å². The Bertz CT molecular complexity index is 1750. The highest BCUT2D eigenvalue weighted by atomic mass is 19.5. The van der Waals surface area contributed by atoms with Crippen molar-refractivity contribution in [3.8, 4) is 16.9 Å². The summed E-state index contributed by atoms with van der Waals surface area (Å²) in [5, 5.41) is 11.5. The molecule has 0 radical (unpaired) electrons. The van der Waals surface area contributed by atoms with Crippen LogP contribution >= 0.6 is 0 Å². The molecule has 1 aliphatic rings. The molecule has 0 aromatic heterocycles. The van der Waals surface area contributed by atoms with Crippen molar-refractivity contribution in [3.05, 3.63) is 155 Å². The quantitative estimate of drug-likeness (QED) is 0.118. The second kappa shape index (κ2) is 13.4. The minimum Gasteiger partial charge on any atom is -0.507 e. The van der Waals surface area contributed by atoms with Crippen molar-refractivity contribution in [2.75, 3.05) is 4.90 Å². The number of hydrogen-bond acceptors (Lipinski definition) is 2. The number of benzene rings is 5. The monoisotopic (exact) mass is 610 g/mol. The molecule has 1 aliphatic heterocycles. The molecule has 0 aliphatic carbocycles. The number of hydrogen-bond donors (Lipinski definition) is 1. The van der Waals surface area contributed by atoms with E-state index in [4.69, 9.17) is 0 Å². The molecular formula is C37H35BF4N2O. The summed E-state index contributed by atoms with van der Waals surface area (Å²) in [6.07, 6.45) is 2.27. The predicted octanol–water partition coefficient (Wildman–Crippen LogP) is 9.83. The van der Waals surface area contributed by atoms with E-state index < -0.39 is 7.25 Å². The number of aromatic hydroxyl groups is 1. The van der Waals surface area contributed by atoms with Crippen LogP contribution in [0, 0.1) is 20.8 Å². The predicted molar refractivity (Wildman–Crippen MR) is 175 cm³/mol. The molecule has 0 fully saturated rings. The van der Waals surface area contributed by atoms with Gasteiger partial charge in [-0.25, -0.2) is 4.90 Å². The van der Waals surface area contributed by atoms with Gasteiger partial charge in [-0.1, -0.05) is 127 Å². The van der Waals surface area contributed by atoms with Crippen LogP contribution in [0.5, 0.6) is 5.75 Å². The zero-order valence-electron chi connectivity index (χ0n) is 25.4. The van der Waals surface area contributed by atoms with Gasteiger partial charge in [0.1, 0.15) is 18.0 Å². The van der Waals surface area contributed by atoms with E-state index in [0.717, 1.165) is 16.7 Å². The number of anilines is 1. The van der Waals surface area contributed by atoms with Gasteiger partial charge in [0.2, 0.25) is 6.34 Å². The summed E-state index contributed by atoms with van der Waals surface area (Å²) >= 11 is 0. The first-order valence-corrected chi connectivity index (χ1v) is 14.8. The Labute approximate surface area is 261 Å². The van der Waals surface area contributed by atoms with Gasteiger partial charge in [-0.2, -0.15) is 0 Å². The van der Waals surface area contributed by atoms with Crippen LogP contribution in [-0.2, 0) is 6.54 Å². The molecular weight excluding hydrogens is 575 g/mol. The van der Waals surface area contributed by atoms with Crippen molar-refractivity contribution in [1.82, 2.24) is 0 Å². The number of rotatable bonds is 6. The first kappa shape index (κ1) is 31.6. The third-order valence-electron chi connectivity index (χ3n) is 7.96. The Morgan fingerprint density at radius 3 is 1.76 bits per heavy atom. The van der Waals surface area contributed by atoms with Crippen LogP contribution in [-0.4, -0.2) is 23.3 Å². The van der Waals surface area contributed by atoms with E-state index in [9.17, 15) is 22.4 Å². The molecule has 0 saturated heterocycles. The normalized spacial score (nSPS) is 16.2. The molecule has 1 N–H and O–H groups in total. The summed E-state index contributed by atoms with van der Waals surface area (Å²) in [5.41, 5.74) is 10.3. The summed E-state index contributed by atoms with van der Waals surface area (Å²) in [6.45, 7) is 7.16. The SMILES string of the molecule is Cc1cc(C)c(N2C=[N+](Cc3cccc(-c4ccccc4)c3O)[C@H](c3ccccc3)[C@H]2c2ccccc2)c(C)c1.F[B-](F)(F)F. The van der Waals surface area contributed by atoms with Gasteiger partial charge < -0.3 is 22.4 Å². The third kappa shape index (κ3) is 7.45. The summed E-state index contributed by atoms with van der Waals surface area (Å²) in [6, 6.07) is 42.4. The lowest BCUT2D eigenvalue weighted by Gasteiger charge is -2.26. The Hall–Kier alpha value is -4.85. The topological polar surface area (TPSA) is 26.5 Å². The number of aryl methyl sites for hydroxylation is 3. The van der Waals surface area contributed by atoms with Gasteiger partial charge in [0.25, 0.3) is 0 Å². The molecule has 45 heavy (non-hydrogen) atoms. The van der Waals surface area contributed by atoms with E-state index >= 15 is 0 Å². The smallest absolute Gasteiger partial charge is 0.507 e. The lowest BCUT2D eigenvalue weighted by Crippen LogP contribution is -2.27. The molecule has 230 valence electrons. The second-order valence-electron chi connectivity index (χ2n) is 11.3. The number of para-hydroxylation sites is 1. The standard InChI is InChI=1S/C37H34N2O.BF4/c1-26-22-27(2)34(28(3)23-26)39-25-38(24-32-20-13-21-33(37(32)40)29-14-7-4-8-15-29)35(30-16-9-5-10-17-30)36(39)31-18-11-6-12-19-31;2-1(3,4)5/h4-23,25,35-36H,24H2,1-3H3;/q;-1/p+1/t35-,36-;/m1./s1. The van der Waals surface area contributed by atoms with E-state index in [1.54, 1.807) is 0 Å². The van der Waals surface area contributed by atoms with Crippen LogP contribution in [0.2, 0.25) is 0 Å². The van der Waals surface area contributed by atoms with Crippen molar-refractivity contribution in [3.63, 3.8) is 0 Å². The maximum absolute atomic E-state index is 11.5. The highest BCUT2D eigenvalue weighted by molar-refractivity contribution is 6.50. The van der Waals surface area contributed by atoms with Crippen molar-refractivity contribution < 1.29 is 26.9 Å². The van der Waals surface area contributed by atoms with Crippen LogP contribution in [0.25, 0.3) is 11.1 Å². The highest BCUT2D eigenvalue weighted by Crippen LogP contribution is 2.45. The van der Waals surface area contributed by atoms with Gasteiger partial charge in [0.15, 0.2) is 12.1 Å². The molecule has 0 spiro atoms. The van der Waals surface area contributed by atoms with E-state index in [2.05, 4.69) is 109 Å². The van der Waals surface area contributed by atoms with Crippen LogP contribution in [0.4, 0.5) is 23.0 Å². The Morgan fingerprint density at radius 2 is 1.20 bits per heavy atom. The fourth-order valence-electron chi connectivity index (χ4n) is 6.34. The van der Waals surface area contributed by atoms with Gasteiger partial charge in [-0.05, 0) is 37.5 Å². The molecule has 3 nitrogen and oxygen atoms in total. The zero-order chi connectivity index (χ0) is 32.1. The molecule has 0 bridgehead atoms. The molecule has 8 heteroatoms. The molecule has 1 heterocycles. The fraction of sp³-hybridized carbons (Fsp3) is 0.162. The molecule has 0 saturated carbocycles. The second-order valence-corrected chi connectivity index (χ2v) is 11.3. The zero-order valence-corrected chi connectivity index (χ0v) is 25.4. The minimum absolute atomic E-state index is 0.0449. The average Bonchev–Trinajstić information content (AvgIpc) is 3.36. The van der Waals surface area contributed by atoms with Gasteiger partial charge in [-0.3, -0.25) is 4.58 Å². The molecule has 2 atom stereocenters. The first-order valence-electron chi connectivity index (χ1n) is 14.8. The molecule has 5 aromatic rings. The lowest BCUT2D eigenvalue weighted by molar-refractivity contribution is -0.578. The third-order valence-corrected chi connectivity index (χ3v) is 7.96. The average molecular weight is 611 g/mol. The van der Waals surface area contributed by atoms with Crippen LogP contribution in [0.15, 0.2) is 121 Å². The Kier molecular flexibility index (Phi) is 9.42. The number of phenolic OH excluding ortho intramolecular Hbond substituents is 1. The van der Waals surface area contributed by atoms with Gasteiger partial charge >= 0.3 is 7.25 Å². The van der Waals surface area contributed by atoms with E-state index in [-0.39, 0.29) is 12.1 Å². The molecule has 0 amide bonds. The summed E-state index contributed by atoms with van der Waals surface area (Å²) < 4.78 is 41.4. The Morgan fingerprint density at radius 1 is 0.689 bits per heavy atom. The highest BCUT2D eigenvalue weighted by Gasteiger charge is 2.46. The molecule has 6 rings (SSSR count). The first-order chi connectivity index (χ1) is 21.5. The number of halogens is 4. The van der Waals surface area contributed by atoms with Crippen LogP contribution < -0.4 is 4.90 Å². The maximum atomic E-state index is 11.5. The van der Waals surface area contributed by atoms with Crippen LogP contribution in [0.3, 0.4) is 0 Å². The molecule has 5 aromatic carbocycles. The Balaban J connectivity index is 0.000000743. The number of nitrogens with zero attached hydrogens (tertiary/aromatic N) is 2. The van der Waals surface area contributed by atoms with Gasteiger partial charge in [0, 0.05) is 22.3 Å². The lowest BCUT2D eigenvalue weighted by atomic mass is 9.91. The fourth-order valence-corrected chi connectivity index (χ4v) is 6.34. The summed E-state index contributed by atoms with van der Waals surface area (Å²) in [7, 11) is -6.00. The summed E-state index contributed by atoms with van der Waals surface area (Å²) in [5.74, 6) is 0.339. The van der Waals surface area contributed by atoms with Gasteiger partial charge in [-0.15, -0.1) is 0 Å². The van der Waals surface area contributed by atoms with E-state index in [1.807, 2.05) is 48.5 Å². The van der Waals surface area contributed by atoms with Crippen LogP contribution in [0.1, 0.15) is 45.5 Å². The summed E-state index contributed by atoms with van der Waals surface area (Å²) in [4.78, 5) is 2.45. The largest absolute Gasteiger partial charge is 0.673 e. The van der Waals surface area contributed by atoms with E-state index in [0.29, 0.717) is 12.3 Å². The van der Waals surface area contributed by atoms with Crippen molar-refractivity contribution >= 4 is 19.3 Å². The maximum Gasteiger partial charge on any atom is 0.673 e. The van der Waals surface area contributed by atoms with Crippen molar-refractivity contribution in [1.29, 1.82) is 0 Å². The molecule has 0 unspecified atom stereocenters. The number of phenols is 1. The van der Waals surface area contributed by atoms with Gasteiger partial charge in [0.05, 0.1) is 0 Å². The van der Waals surface area contributed by atoms with Crippen molar-refractivity contribution in [2.45, 2.75) is 39.4 Å².